The Morgan fingerprint density at radius 3 is 2.00 bits per heavy atom. The van der Waals surface area contributed by atoms with Crippen molar-refractivity contribution in [2.24, 2.45) is 17.6 Å². The van der Waals surface area contributed by atoms with Gasteiger partial charge in [0.2, 0.25) is 0 Å². The first-order valence-corrected chi connectivity index (χ1v) is 6.39. The highest BCUT2D eigenvalue weighted by Gasteiger charge is 2.34. The summed E-state index contributed by atoms with van der Waals surface area (Å²) >= 11 is 0. The van der Waals surface area contributed by atoms with Gasteiger partial charge >= 0.3 is 0 Å². The molecule has 1 aliphatic carbocycles. The quantitative estimate of drug-likeness (QED) is 0.686. The molecule has 1 fully saturated rings. The topological polar surface area (TPSA) is 26.0 Å². The fraction of sp³-hybridized carbons (Fsp3) is 1.00. The second-order valence-corrected chi connectivity index (χ2v) is 5.32. The predicted molar refractivity (Wildman–Crippen MR) is 63.2 cm³/mol. The molecule has 0 heterocycles. The Bertz CT molecular complexity index is 157. The molecule has 1 nitrogen and oxygen atoms in total. The second-order valence-electron chi connectivity index (χ2n) is 5.32. The predicted octanol–water partition coefficient (Wildman–Crippen LogP) is 3.72. The highest BCUT2D eigenvalue weighted by molar-refractivity contribution is 4.92. The van der Waals surface area contributed by atoms with Gasteiger partial charge in [0.25, 0.3) is 0 Å². The van der Waals surface area contributed by atoms with Gasteiger partial charge in [0, 0.05) is 5.54 Å². The van der Waals surface area contributed by atoms with Crippen molar-refractivity contribution in [3.63, 3.8) is 0 Å². The van der Waals surface area contributed by atoms with Crippen LogP contribution in [0.3, 0.4) is 0 Å². The van der Waals surface area contributed by atoms with Crippen LogP contribution in [0.2, 0.25) is 0 Å². The Labute approximate surface area is 89.5 Å². The number of rotatable bonds is 3. The Balaban J connectivity index is 2.60. The SMILES string of the molecule is CCC(C)C(C)C1(N)CCCCCC1. The molecular weight excluding hydrogens is 170 g/mol. The Kier molecular flexibility index (Phi) is 4.43. The standard InChI is InChI=1S/C13H27N/c1-4-11(2)12(3)13(14)9-7-5-6-8-10-13/h11-12H,4-10,14H2,1-3H3. The highest BCUT2D eigenvalue weighted by Crippen LogP contribution is 2.35. The molecule has 0 saturated heterocycles. The first-order valence-electron chi connectivity index (χ1n) is 6.39. The molecule has 0 bridgehead atoms. The van der Waals surface area contributed by atoms with Gasteiger partial charge in [-0.25, -0.2) is 0 Å². The van der Waals surface area contributed by atoms with Gasteiger partial charge in [-0.2, -0.15) is 0 Å². The molecule has 2 N–H and O–H groups in total. The number of nitrogens with two attached hydrogens (primary N) is 1. The molecule has 1 saturated carbocycles. The molecule has 1 heteroatoms. The van der Waals surface area contributed by atoms with Gasteiger partial charge in [0.15, 0.2) is 0 Å². The van der Waals surface area contributed by atoms with Gasteiger partial charge in [-0.3, -0.25) is 0 Å². The summed E-state index contributed by atoms with van der Waals surface area (Å²) in [6, 6.07) is 0. The van der Waals surface area contributed by atoms with Crippen molar-refractivity contribution in [1.29, 1.82) is 0 Å². The van der Waals surface area contributed by atoms with E-state index in [1.54, 1.807) is 0 Å². The van der Waals surface area contributed by atoms with Crippen LogP contribution in [0.5, 0.6) is 0 Å². The third-order valence-corrected chi connectivity index (χ3v) is 4.44. The van der Waals surface area contributed by atoms with Crippen LogP contribution >= 0.6 is 0 Å². The minimum Gasteiger partial charge on any atom is -0.325 e. The maximum atomic E-state index is 6.58. The monoisotopic (exact) mass is 197 g/mol. The molecule has 0 aromatic rings. The van der Waals surface area contributed by atoms with E-state index in [-0.39, 0.29) is 5.54 Å². The van der Waals surface area contributed by atoms with E-state index in [9.17, 15) is 0 Å². The van der Waals surface area contributed by atoms with E-state index in [2.05, 4.69) is 20.8 Å². The van der Waals surface area contributed by atoms with Crippen LogP contribution in [0.15, 0.2) is 0 Å². The van der Waals surface area contributed by atoms with Crippen molar-refractivity contribution in [2.45, 2.75) is 71.3 Å². The van der Waals surface area contributed by atoms with Crippen molar-refractivity contribution < 1.29 is 0 Å². The third-order valence-electron chi connectivity index (χ3n) is 4.44. The third kappa shape index (κ3) is 2.73. The zero-order chi connectivity index (χ0) is 10.6. The lowest BCUT2D eigenvalue weighted by Gasteiger charge is -2.38. The maximum absolute atomic E-state index is 6.58. The minimum atomic E-state index is 0.145. The lowest BCUT2D eigenvalue weighted by Crippen LogP contribution is -2.47. The zero-order valence-corrected chi connectivity index (χ0v) is 10.2. The smallest absolute Gasteiger partial charge is 0.0182 e. The van der Waals surface area contributed by atoms with Crippen LogP contribution in [-0.4, -0.2) is 5.54 Å². The van der Waals surface area contributed by atoms with E-state index in [0.717, 1.165) is 5.92 Å². The lowest BCUT2D eigenvalue weighted by atomic mass is 9.73. The van der Waals surface area contributed by atoms with Crippen LogP contribution in [0.4, 0.5) is 0 Å². The van der Waals surface area contributed by atoms with Crippen molar-refractivity contribution in [2.75, 3.05) is 0 Å². The molecule has 84 valence electrons. The zero-order valence-electron chi connectivity index (χ0n) is 10.2. The van der Waals surface area contributed by atoms with Crippen LogP contribution in [-0.2, 0) is 0 Å². The van der Waals surface area contributed by atoms with Crippen molar-refractivity contribution in [3.8, 4) is 0 Å². The molecule has 1 rings (SSSR count). The number of hydrogen-bond acceptors (Lipinski definition) is 1. The van der Waals surface area contributed by atoms with E-state index < -0.39 is 0 Å². The fourth-order valence-electron chi connectivity index (χ4n) is 2.76. The van der Waals surface area contributed by atoms with Gasteiger partial charge < -0.3 is 5.73 Å². The second kappa shape index (κ2) is 5.16. The molecule has 0 radical (unpaired) electrons. The number of hydrogen-bond donors (Lipinski definition) is 1. The first kappa shape index (κ1) is 12.0. The summed E-state index contributed by atoms with van der Waals surface area (Å²) in [5.74, 6) is 1.46. The largest absolute Gasteiger partial charge is 0.325 e. The summed E-state index contributed by atoms with van der Waals surface area (Å²) in [5.41, 5.74) is 6.72. The maximum Gasteiger partial charge on any atom is 0.0182 e. The molecule has 14 heavy (non-hydrogen) atoms. The van der Waals surface area contributed by atoms with E-state index in [1.165, 1.54) is 44.9 Å². The molecular formula is C13H27N. The summed E-state index contributed by atoms with van der Waals surface area (Å²) in [6.07, 6.45) is 9.24. The molecule has 0 aliphatic heterocycles. The Hall–Kier alpha value is -0.0400. The first-order chi connectivity index (χ1) is 6.60. The van der Waals surface area contributed by atoms with Crippen molar-refractivity contribution >= 4 is 0 Å². The van der Waals surface area contributed by atoms with E-state index >= 15 is 0 Å². The van der Waals surface area contributed by atoms with Gasteiger partial charge in [-0.1, -0.05) is 52.9 Å². The average Bonchev–Trinajstić information content (AvgIpc) is 2.41. The van der Waals surface area contributed by atoms with E-state index in [0.29, 0.717) is 5.92 Å². The van der Waals surface area contributed by atoms with Crippen LogP contribution in [0.1, 0.15) is 65.7 Å². The normalized spacial score (nSPS) is 26.6. The van der Waals surface area contributed by atoms with Crippen molar-refractivity contribution in [3.05, 3.63) is 0 Å². The average molecular weight is 197 g/mol. The Morgan fingerprint density at radius 2 is 1.57 bits per heavy atom. The minimum absolute atomic E-state index is 0.145. The molecule has 2 unspecified atom stereocenters. The summed E-state index contributed by atoms with van der Waals surface area (Å²) in [4.78, 5) is 0. The lowest BCUT2D eigenvalue weighted by molar-refractivity contribution is 0.188. The van der Waals surface area contributed by atoms with Gasteiger partial charge in [-0.05, 0) is 24.7 Å². The van der Waals surface area contributed by atoms with E-state index in [4.69, 9.17) is 5.73 Å². The molecule has 0 aromatic heterocycles. The summed E-state index contributed by atoms with van der Waals surface area (Å²) in [5, 5.41) is 0. The van der Waals surface area contributed by atoms with E-state index in [1.807, 2.05) is 0 Å². The van der Waals surface area contributed by atoms with Gasteiger partial charge in [0.05, 0.1) is 0 Å². The molecule has 0 amide bonds. The molecule has 2 atom stereocenters. The molecule has 1 aliphatic rings. The molecule has 0 aromatic carbocycles. The van der Waals surface area contributed by atoms with Crippen molar-refractivity contribution in [1.82, 2.24) is 0 Å². The molecule has 0 spiro atoms. The van der Waals surface area contributed by atoms with Crippen LogP contribution in [0.25, 0.3) is 0 Å². The van der Waals surface area contributed by atoms with Crippen LogP contribution in [0, 0.1) is 11.8 Å². The van der Waals surface area contributed by atoms with Gasteiger partial charge in [-0.15, -0.1) is 0 Å². The summed E-state index contributed by atoms with van der Waals surface area (Å²) in [6.45, 7) is 6.99. The summed E-state index contributed by atoms with van der Waals surface area (Å²) < 4.78 is 0. The van der Waals surface area contributed by atoms with Gasteiger partial charge in [0.1, 0.15) is 0 Å². The fourth-order valence-corrected chi connectivity index (χ4v) is 2.76. The van der Waals surface area contributed by atoms with Crippen LogP contribution < -0.4 is 5.73 Å². The highest BCUT2D eigenvalue weighted by atomic mass is 14.8. The Morgan fingerprint density at radius 1 is 1.07 bits per heavy atom. The summed E-state index contributed by atoms with van der Waals surface area (Å²) in [7, 11) is 0.